The van der Waals surface area contributed by atoms with Gasteiger partial charge in [-0.15, -0.1) is 0 Å². The Labute approximate surface area is 118 Å². The zero-order valence-electron chi connectivity index (χ0n) is 11.6. The van der Waals surface area contributed by atoms with Crippen LogP contribution in [0.15, 0.2) is 43.1 Å². The van der Waals surface area contributed by atoms with Gasteiger partial charge >= 0.3 is 0 Å². The number of nitrogens with zero attached hydrogens (tertiary/aromatic N) is 1. The minimum absolute atomic E-state index is 0.00542. The van der Waals surface area contributed by atoms with Gasteiger partial charge in [0, 0.05) is 37.3 Å². The molecule has 0 aliphatic carbocycles. The van der Waals surface area contributed by atoms with Gasteiger partial charge in [-0.2, -0.15) is 0 Å². The molecule has 1 amide bonds. The number of amides is 1. The topological polar surface area (TPSA) is 54.0 Å². The van der Waals surface area contributed by atoms with Gasteiger partial charge in [0.05, 0.1) is 5.52 Å². The van der Waals surface area contributed by atoms with E-state index < -0.39 is 0 Å². The Bertz CT molecular complexity index is 622. The number of hydrogen-bond donors (Lipinski definition) is 2. The summed E-state index contributed by atoms with van der Waals surface area (Å²) >= 11 is 0. The summed E-state index contributed by atoms with van der Waals surface area (Å²) in [6, 6.07) is 10.0. The van der Waals surface area contributed by atoms with Crippen LogP contribution < -0.4 is 10.6 Å². The van der Waals surface area contributed by atoms with Crippen LogP contribution in [-0.4, -0.2) is 24.0 Å². The summed E-state index contributed by atoms with van der Waals surface area (Å²) in [5.41, 5.74) is 2.93. The maximum absolute atomic E-state index is 10.7. The molecule has 104 valence electrons. The Kier molecular flexibility index (Phi) is 4.71. The third-order valence-corrected chi connectivity index (χ3v) is 3.02. The van der Waals surface area contributed by atoms with E-state index in [0.29, 0.717) is 6.54 Å². The fourth-order valence-corrected chi connectivity index (χ4v) is 1.96. The SMILES string of the molecule is C=C(NCCCNC(C)=O)c1ccc2ncccc2c1. The lowest BCUT2D eigenvalue weighted by atomic mass is 10.1. The Morgan fingerprint density at radius 3 is 2.85 bits per heavy atom. The molecule has 2 aromatic rings. The molecule has 20 heavy (non-hydrogen) atoms. The average Bonchev–Trinajstić information content (AvgIpc) is 2.46. The van der Waals surface area contributed by atoms with Crippen molar-refractivity contribution in [2.75, 3.05) is 13.1 Å². The van der Waals surface area contributed by atoms with Gasteiger partial charge in [-0.25, -0.2) is 0 Å². The van der Waals surface area contributed by atoms with Crippen LogP contribution in [0.25, 0.3) is 16.6 Å². The molecular weight excluding hydrogens is 250 g/mol. The quantitative estimate of drug-likeness (QED) is 0.791. The molecule has 0 aliphatic heterocycles. The van der Waals surface area contributed by atoms with Crippen molar-refractivity contribution in [1.29, 1.82) is 0 Å². The molecule has 1 heterocycles. The summed E-state index contributed by atoms with van der Waals surface area (Å²) in [4.78, 5) is 15.0. The van der Waals surface area contributed by atoms with E-state index in [1.54, 1.807) is 6.20 Å². The highest BCUT2D eigenvalue weighted by Gasteiger charge is 2.00. The van der Waals surface area contributed by atoms with Crippen molar-refractivity contribution < 1.29 is 4.79 Å². The number of rotatable bonds is 6. The maximum atomic E-state index is 10.7. The summed E-state index contributed by atoms with van der Waals surface area (Å²) in [5.74, 6) is 0.00542. The first-order chi connectivity index (χ1) is 9.66. The van der Waals surface area contributed by atoms with Gasteiger partial charge in [0.15, 0.2) is 0 Å². The van der Waals surface area contributed by atoms with Crippen molar-refractivity contribution in [3.8, 4) is 0 Å². The molecule has 0 radical (unpaired) electrons. The zero-order valence-corrected chi connectivity index (χ0v) is 11.6. The van der Waals surface area contributed by atoms with Crippen molar-refractivity contribution >= 4 is 22.5 Å². The highest BCUT2D eigenvalue weighted by atomic mass is 16.1. The number of benzene rings is 1. The van der Waals surface area contributed by atoms with E-state index >= 15 is 0 Å². The first-order valence-electron chi connectivity index (χ1n) is 6.69. The van der Waals surface area contributed by atoms with Crippen LogP contribution in [0, 0.1) is 0 Å². The first-order valence-corrected chi connectivity index (χ1v) is 6.69. The molecule has 4 nitrogen and oxygen atoms in total. The van der Waals surface area contributed by atoms with E-state index in [1.807, 2.05) is 24.3 Å². The molecule has 0 bridgehead atoms. The summed E-state index contributed by atoms with van der Waals surface area (Å²) in [5, 5.41) is 7.14. The number of hydrogen-bond acceptors (Lipinski definition) is 3. The van der Waals surface area contributed by atoms with Crippen LogP contribution >= 0.6 is 0 Å². The van der Waals surface area contributed by atoms with Gasteiger partial charge in [0.25, 0.3) is 0 Å². The van der Waals surface area contributed by atoms with Crippen molar-refractivity contribution in [3.63, 3.8) is 0 Å². The molecule has 1 aromatic heterocycles. The third-order valence-electron chi connectivity index (χ3n) is 3.02. The molecule has 0 saturated carbocycles. The van der Waals surface area contributed by atoms with E-state index in [-0.39, 0.29) is 5.91 Å². The fraction of sp³-hybridized carbons (Fsp3) is 0.250. The second-order valence-electron chi connectivity index (χ2n) is 4.65. The normalized spacial score (nSPS) is 10.2. The smallest absolute Gasteiger partial charge is 0.216 e. The van der Waals surface area contributed by atoms with Crippen LogP contribution in [0.1, 0.15) is 18.9 Å². The van der Waals surface area contributed by atoms with Gasteiger partial charge in [0.1, 0.15) is 0 Å². The fourth-order valence-electron chi connectivity index (χ4n) is 1.96. The lowest BCUT2D eigenvalue weighted by Gasteiger charge is -2.10. The van der Waals surface area contributed by atoms with Crippen LogP contribution in [-0.2, 0) is 4.79 Å². The van der Waals surface area contributed by atoms with Crippen molar-refractivity contribution in [1.82, 2.24) is 15.6 Å². The molecule has 4 heteroatoms. The van der Waals surface area contributed by atoms with Gasteiger partial charge in [-0.05, 0) is 30.2 Å². The first kappa shape index (κ1) is 14.1. The van der Waals surface area contributed by atoms with Gasteiger partial charge in [-0.1, -0.05) is 18.7 Å². The molecule has 0 spiro atoms. The van der Waals surface area contributed by atoms with Crippen LogP contribution in [0.5, 0.6) is 0 Å². The molecule has 2 N–H and O–H groups in total. The third kappa shape index (κ3) is 3.82. The lowest BCUT2D eigenvalue weighted by Crippen LogP contribution is -2.24. The average molecular weight is 269 g/mol. The number of aromatic nitrogens is 1. The summed E-state index contributed by atoms with van der Waals surface area (Å²) in [7, 11) is 0. The Morgan fingerprint density at radius 1 is 1.25 bits per heavy atom. The predicted octanol–water partition coefficient (Wildman–Crippen LogP) is 2.32. The highest BCUT2D eigenvalue weighted by molar-refractivity contribution is 5.82. The van der Waals surface area contributed by atoms with Crippen LogP contribution in [0.3, 0.4) is 0 Å². The number of fused-ring (bicyclic) bond motifs is 1. The lowest BCUT2D eigenvalue weighted by molar-refractivity contribution is -0.118. The second kappa shape index (κ2) is 6.70. The van der Waals surface area contributed by atoms with E-state index in [2.05, 4.69) is 28.3 Å². The number of carbonyl (C=O) groups excluding carboxylic acids is 1. The molecule has 1 aromatic carbocycles. The molecule has 2 rings (SSSR count). The summed E-state index contributed by atoms with van der Waals surface area (Å²) < 4.78 is 0. The maximum Gasteiger partial charge on any atom is 0.216 e. The molecule has 0 unspecified atom stereocenters. The van der Waals surface area contributed by atoms with Crippen LogP contribution in [0.2, 0.25) is 0 Å². The molecule has 0 saturated heterocycles. The Morgan fingerprint density at radius 2 is 2.05 bits per heavy atom. The zero-order chi connectivity index (χ0) is 14.4. The minimum Gasteiger partial charge on any atom is -0.385 e. The second-order valence-corrected chi connectivity index (χ2v) is 4.65. The molecule has 0 aliphatic rings. The van der Waals surface area contributed by atoms with Crippen molar-refractivity contribution in [3.05, 3.63) is 48.7 Å². The van der Waals surface area contributed by atoms with E-state index in [4.69, 9.17) is 0 Å². The Hall–Kier alpha value is -2.36. The highest BCUT2D eigenvalue weighted by Crippen LogP contribution is 2.17. The van der Waals surface area contributed by atoms with Crippen molar-refractivity contribution in [2.45, 2.75) is 13.3 Å². The number of pyridine rings is 1. The predicted molar refractivity (Wildman–Crippen MR) is 82.1 cm³/mol. The van der Waals surface area contributed by atoms with Gasteiger partial charge < -0.3 is 10.6 Å². The van der Waals surface area contributed by atoms with Crippen molar-refractivity contribution in [2.24, 2.45) is 0 Å². The molecular formula is C16H19N3O. The summed E-state index contributed by atoms with van der Waals surface area (Å²) in [6.45, 7) is 7.03. The minimum atomic E-state index is 0.00542. The largest absolute Gasteiger partial charge is 0.385 e. The van der Waals surface area contributed by atoms with Crippen LogP contribution in [0.4, 0.5) is 0 Å². The molecule has 0 fully saturated rings. The summed E-state index contributed by atoms with van der Waals surface area (Å²) in [6.07, 6.45) is 2.66. The van der Waals surface area contributed by atoms with E-state index in [1.165, 1.54) is 6.92 Å². The number of carbonyl (C=O) groups is 1. The van der Waals surface area contributed by atoms with Gasteiger partial charge in [0.2, 0.25) is 5.91 Å². The number of nitrogens with one attached hydrogen (secondary N) is 2. The Balaban J connectivity index is 1.89. The molecule has 0 atom stereocenters. The standard InChI is InChI=1S/C16H19N3O/c1-12(17-9-4-10-18-13(2)20)14-6-7-16-15(11-14)5-3-8-19-16/h3,5-8,11,17H,1,4,9-10H2,2H3,(H,18,20). The monoisotopic (exact) mass is 269 g/mol. The van der Waals surface area contributed by atoms with E-state index in [9.17, 15) is 4.79 Å². The van der Waals surface area contributed by atoms with Gasteiger partial charge in [-0.3, -0.25) is 9.78 Å². The van der Waals surface area contributed by atoms with E-state index in [0.717, 1.165) is 35.1 Å².